The second-order valence-corrected chi connectivity index (χ2v) is 4.71. The maximum atomic E-state index is 2.43. The van der Waals surface area contributed by atoms with Gasteiger partial charge in [-0.2, -0.15) is 0 Å². The first kappa shape index (κ1) is 22.2. The highest BCUT2D eigenvalue weighted by atomic mass is 14.3. The maximum Gasteiger partial charge on any atom is -0.0340 e. The summed E-state index contributed by atoms with van der Waals surface area (Å²) >= 11 is 0. The normalized spacial score (nSPS) is 26.6. The lowest BCUT2D eigenvalue weighted by Crippen LogP contribution is -2.28. The number of hydrogen-bond donors (Lipinski definition) is 0. The van der Waals surface area contributed by atoms with Crippen molar-refractivity contribution in [1.82, 2.24) is 0 Å². The van der Waals surface area contributed by atoms with Crippen molar-refractivity contribution in [3.8, 4) is 0 Å². The van der Waals surface area contributed by atoms with Gasteiger partial charge in [0, 0.05) is 0 Å². The van der Waals surface area contributed by atoms with Crippen molar-refractivity contribution < 1.29 is 0 Å². The average Bonchev–Trinajstić information content (AvgIpc) is 2.36. The highest BCUT2D eigenvalue weighted by molar-refractivity contribution is 4.79. The first-order valence-corrected chi connectivity index (χ1v) is 8.13. The largest absolute Gasteiger partial charge is 0.0683 e. The van der Waals surface area contributed by atoms with Gasteiger partial charge < -0.3 is 0 Å². The minimum atomic E-state index is 0.889. The van der Waals surface area contributed by atoms with Crippen LogP contribution >= 0.6 is 0 Å². The van der Waals surface area contributed by atoms with Crippen LogP contribution in [0.15, 0.2) is 0 Å². The Kier molecular flexibility index (Phi) is 20.9. The number of rotatable bonds is 1. The molecule has 1 rings (SSSR count). The molecule has 1 aliphatic rings. The van der Waals surface area contributed by atoms with Gasteiger partial charge in [-0.05, 0) is 23.7 Å². The third-order valence-corrected chi connectivity index (χ3v) is 3.40. The molecule has 2 atom stereocenters. The highest BCUT2D eigenvalue weighted by Crippen LogP contribution is 2.38. The number of hydrogen-bond acceptors (Lipinski definition) is 0. The first-order chi connectivity index (χ1) is 8.13. The quantitative estimate of drug-likeness (QED) is 0.476. The van der Waals surface area contributed by atoms with Crippen LogP contribution < -0.4 is 0 Å². The van der Waals surface area contributed by atoms with Crippen molar-refractivity contribution in [1.29, 1.82) is 0 Å². The topological polar surface area (TPSA) is 0 Å². The van der Waals surface area contributed by atoms with Crippen LogP contribution in [0.5, 0.6) is 0 Å². The van der Waals surface area contributed by atoms with Crippen LogP contribution in [0.25, 0.3) is 0 Å². The summed E-state index contributed by atoms with van der Waals surface area (Å²) in [7, 11) is 0. The molecule has 17 heavy (non-hydrogen) atoms. The van der Waals surface area contributed by atoms with Crippen LogP contribution in [0.3, 0.4) is 0 Å². The molecule has 0 radical (unpaired) electrons. The predicted molar refractivity (Wildman–Crippen MR) is 84.6 cm³/mol. The van der Waals surface area contributed by atoms with E-state index in [1.54, 1.807) is 0 Å². The Bertz CT molecular complexity index is 105. The van der Waals surface area contributed by atoms with Crippen LogP contribution in [0, 0.1) is 23.7 Å². The fraction of sp³-hybridized carbons (Fsp3) is 1.00. The van der Waals surface area contributed by atoms with Crippen LogP contribution in [-0.2, 0) is 0 Å². The molecule has 0 heterocycles. The summed E-state index contributed by atoms with van der Waals surface area (Å²) in [4.78, 5) is 0. The third kappa shape index (κ3) is 9.68. The van der Waals surface area contributed by atoms with Crippen LogP contribution in [0.2, 0.25) is 0 Å². The van der Waals surface area contributed by atoms with Gasteiger partial charge in [0.05, 0.1) is 0 Å². The minimum Gasteiger partial charge on any atom is -0.0683 e. The molecule has 0 aromatic rings. The molecule has 0 amide bonds. The molecule has 0 heteroatoms. The predicted octanol–water partition coefficient (Wildman–Crippen LogP) is 6.79. The third-order valence-electron chi connectivity index (χ3n) is 3.40. The minimum absolute atomic E-state index is 0.889. The van der Waals surface area contributed by atoms with Gasteiger partial charge in [-0.15, -0.1) is 0 Å². The van der Waals surface area contributed by atoms with E-state index in [1.165, 1.54) is 19.3 Å². The molecule has 108 valence electrons. The van der Waals surface area contributed by atoms with Gasteiger partial charge in [0.2, 0.25) is 0 Å². The van der Waals surface area contributed by atoms with Crippen molar-refractivity contribution >= 4 is 0 Å². The lowest BCUT2D eigenvalue weighted by atomic mass is 9.69. The van der Waals surface area contributed by atoms with Crippen LogP contribution in [-0.4, -0.2) is 0 Å². The maximum absolute atomic E-state index is 2.43. The summed E-state index contributed by atoms with van der Waals surface area (Å²) in [6.45, 7) is 21.6. The smallest absolute Gasteiger partial charge is 0.0340 e. The molecule has 1 fully saturated rings. The molecule has 0 spiro atoms. The highest BCUT2D eigenvalue weighted by Gasteiger charge is 2.29. The molecule has 0 nitrogen and oxygen atoms in total. The van der Waals surface area contributed by atoms with E-state index < -0.39 is 0 Å². The summed E-state index contributed by atoms with van der Waals surface area (Å²) in [5, 5.41) is 0. The molecule has 1 aliphatic carbocycles. The Hall–Kier alpha value is 0. The zero-order valence-corrected chi connectivity index (χ0v) is 14.4. The second kappa shape index (κ2) is 16.0. The molecule has 0 aliphatic heterocycles. The van der Waals surface area contributed by atoms with Gasteiger partial charge in [0.15, 0.2) is 0 Å². The fourth-order valence-corrected chi connectivity index (χ4v) is 3.02. The monoisotopic (exact) mass is 244 g/mol. The van der Waals surface area contributed by atoms with Gasteiger partial charge in [-0.25, -0.2) is 0 Å². The molecule has 0 N–H and O–H groups in total. The second-order valence-electron chi connectivity index (χ2n) is 4.71. The molecular formula is C17H40. The van der Waals surface area contributed by atoms with Gasteiger partial charge in [-0.1, -0.05) is 88.5 Å². The van der Waals surface area contributed by atoms with E-state index >= 15 is 0 Å². The zero-order valence-electron chi connectivity index (χ0n) is 14.4. The summed E-state index contributed by atoms with van der Waals surface area (Å²) in [6.07, 6.45) is 4.39. The van der Waals surface area contributed by atoms with E-state index in [2.05, 4.69) is 27.7 Å². The van der Waals surface area contributed by atoms with Gasteiger partial charge in [0.1, 0.15) is 0 Å². The molecule has 2 unspecified atom stereocenters. The molecule has 1 saturated carbocycles. The first-order valence-electron chi connectivity index (χ1n) is 8.13. The van der Waals surface area contributed by atoms with Crippen LogP contribution in [0.4, 0.5) is 0 Å². The Morgan fingerprint density at radius 1 is 0.706 bits per heavy atom. The Balaban J connectivity index is -0.000000285. The average molecular weight is 245 g/mol. The van der Waals surface area contributed by atoms with Crippen molar-refractivity contribution in [2.75, 3.05) is 0 Å². The molecule has 0 bridgehead atoms. The molecule has 0 saturated heterocycles. The van der Waals surface area contributed by atoms with Crippen molar-refractivity contribution in [2.24, 2.45) is 23.7 Å². The summed E-state index contributed by atoms with van der Waals surface area (Å²) < 4.78 is 0. The molecule has 0 aromatic heterocycles. The van der Waals surface area contributed by atoms with E-state index in [0.29, 0.717) is 0 Å². The van der Waals surface area contributed by atoms with E-state index in [0.717, 1.165) is 23.7 Å². The Labute approximate surface area is 113 Å². The lowest BCUT2D eigenvalue weighted by molar-refractivity contribution is 0.129. The molecular weight excluding hydrogens is 204 g/mol. The van der Waals surface area contributed by atoms with Gasteiger partial charge in [-0.3, -0.25) is 0 Å². The summed E-state index contributed by atoms with van der Waals surface area (Å²) in [5.74, 6) is 3.82. The summed E-state index contributed by atoms with van der Waals surface area (Å²) in [5.41, 5.74) is 0. The SMILES string of the molecule is CC.CC.CC.CC(C)C1C(C)CCCC1C. The van der Waals surface area contributed by atoms with Crippen molar-refractivity contribution in [2.45, 2.75) is 88.5 Å². The van der Waals surface area contributed by atoms with Gasteiger partial charge in [0.25, 0.3) is 0 Å². The van der Waals surface area contributed by atoms with Crippen molar-refractivity contribution in [3.05, 3.63) is 0 Å². The van der Waals surface area contributed by atoms with E-state index in [-0.39, 0.29) is 0 Å². The van der Waals surface area contributed by atoms with Crippen LogP contribution in [0.1, 0.15) is 88.5 Å². The Morgan fingerprint density at radius 2 is 1.00 bits per heavy atom. The zero-order chi connectivity index (χ0) is 14.4. The van der Waals surface area contributed by atoms with E-state index in [9.17, 15) is 0 Å². The Morgan fingerprint density at radius 3 is 1.18 bits per heavy atom. The standard InChI is InChI=1S/C11H22.3C2H6/c1-8(2)11-9(3)6-5-7-10(11)4;3*1-2/h8-11H,5-7H2,1-4H3;3*1-2H3. The summed E-state index contributed by atoms with van der Waals surface area (Å²) in [6, 6.07) is 0. The lowest BCUT2D eigenvalue weighted by Gasteiger charge is -2.37. The fourth-order valence-electron chi connectivity index (χ4n) is 3.02. The van der Waals surface area contributed by atoms with Gasteiger partial charge >= 0.3 is 0 Å². The molecule has 0 aromatic carbocycles. The van der Waals surface area contributed by atoms with E-state index in [1.807, 2.05) is 41.5 Å². The van der Waals surface area contributed by atoms with Crippen molar-refractivity contribution in [3.63, 3.8) is 0 Å². The van der Waals surface area contributed by atoms with E-state index in [4.69, 9.17) is 0 Å².